The molecular formula is C39H62O12. The van der Waals surface area contributed by atoms with Gasteiger partial charge in [-0.05, 0) is 98.7 Å². The summed E-state index contributed by atoms with van der Waals surface area (Å²) in [5.74, 6) is 2.99. The molecule has 0 radical (unpaired) electrons. The van der Waals surface area contributed by atoms with Crippen molar-refractivity contribution in [1.82, 2.24) is 0 Å². The van der Waals surface area contributed by atoms with E-state index in [1.54, 1.807) is 0 Å². The van der Waals surface area contributed by atoms with Crippen molar-refractivity contribution in [3.05, 3.63) is 11.6 Å². The first-order valence-electron chi connectivity index (χ1n) is 19.8. The first kappa shape index (κ1) is 37.2. The summed E-state index contributed by atoms with van der Waals surface area (Å²) in [4.78, 5) is 0. The van der Waals surface area contributed by atoms with Crippen LogP contribution < -0.4 is 0 Å². The van der Waals surface area contributed by atoms with E-state index < -0.39 is 73.8 Å². The first-order valence-corrected chi connectivity index (χ1v) is 19.8. The van der Waals surface area contributed by atoms with E-state index in [-0.39, 0.29) is 23.0 Å². The van der Waals surface area contributed by atoms with Gasteiger partial charge in [0.15, 0.2) is 18.4 Å². The third kappa shape index (κ3) is 5.84. The highest BCUT2D eigenvalue weighted by Crippen LogP contribution is 2.70. The van der Waals surface area contributed by atoms with Crippen LogP contribution in [0.2, 0.25) is 0 Å². The summed E-state index contributed by atoms with van der Waals surface area (Å²) in [5.41, 5.74) is 1.75. The second-order valence-electron chi connectivity index (χ2n) is 18.3. The lowest BCUT2D eigenvalue weighted by molar-refractivity contribution is -0.360. The Hall–Kier alpha value is -0.740. The maximum Gasteiger partial charge on any atom is 0.187 e. The molecule has 4 heterocycles. The second kappa shape index (κ2) is 13.5. The van der Waals surface area contributed by atoms with Gasteiger partial charge < -0.3 is 59.1 Å². The van der Waals surface area contributed by atoms with E-state index in [1.165, 1.54) is 31.8 Å². The van der Waals surface area contributed by atoms with Crippen molar-refractivity contribution in [2.24, 2.45) is 46.3 Å². The molecule has 3 saturated carbocycles. The van der Waals surface area contributed by atoms with E-state index in [2.05, 4.69) is 33.8 Å². The summed E-state index contributed by atoms with van der Waals surface area (Å²) < 4.78 is 37.1. The summed E-state index contributed by atoms with van der Waals surface area (Å²) >= 11 is 0. The lowest BCUT2D eigenvalue weighted by Crippen LogP contribution is -2.64. The molecule has 0 aromatic carbocycles. The van der Waals surface area contributed by atoms with E-state index in [0.717, 1.165) is 45.1 Å². The van der Waals surface area contributed by atoms with Gasteiger partial charge in [-0.25, -0.2) is 0 Å². The van der Waals surface area contributed by atoms with Crippen molar-refractivity contribution < 1.29 is 59.1 Å². The lowest BCUT2D eigenvalue weighted by Gasteiger charge is -2.58. The Balaban J connectivity index is 0.915. The van der Waals surface area contributed by atoms with Crippen molar-refractivity contribution in [1.29, 1.82) is 0 Å². The minimum absolute atomic E-state index is 0.0757. The molecule has 0 bridgehead atoms. The number of fused-ring (bicyclic) bond motifs is 7. The van der Waals surface area contributed by atoms with Gasteiger partial charge in [-0.3, -0.25) is 0 Å². The fourth-order valence-corrected chi connectivity index (χ4v) is 12.6. The van der Waals surface area contributed by atoms with Gasteiger partial charge in [-0.2, -0.15) is 0 Å². The van der Waals surface area contributed by atoms with Gasteiger partial charge in [0.2, 0.25) is 0 Å². The zero-order valence-electron chi connectivity index (χ0n) is 30.9. The number of allylic oxidation sites excluding steroid dienone is 1. The molecule has 1 spiro atoms. The largest absolute Gasteiger partial charge is 0.394 e. The Morgan fingerprint density at radius 1 is 0.824 bits per heavy atom. The van der Waals surface area contributed by atoms with Crippen LogP contribution in [0.15, 0.2) is 11.6 Å². The molecule has 8 aliphatic rings. The minimum atomic E-state index is -1.61. The highest BCUT2D eigenvalue weighted by atomic mass is 16.7. The average molecular weight is 723 g/mol. The number of ether oxygens (including phenoxy) is 6. The van der Waals surface area contributed by atoms with Gasteiger partial charge >= 0.3 is 0 Å². The van der Waals surface area contributed by atoms with Crippen molar-refractivity contribution in [3.63, 3.8) is 0 Å². The van der Waals surface area contributed by atoms with Crippen LogP contribution in [0.25, 0.3) is 0 Å². The third-order valence-electron chi connectivity index (χ3n) is 15.6. The number of aliphatic hydroxyl groups excluding tert-OH is 6. The van der Waals surface area contributed by atoms with Gasteiger partial charge in [-0.1, -0.05) is 39.3 Å². The summed E-state index contributed by atoms with van der Waals surface area (Å²) in [5, 5.41) is 63.1. The van der Waals surface area contributed by atoms with Gasteiger partial charge in [0, 0.05) is 12.3 Å². The molecular weight excluding hydrogens is 660 g/mol. The van der Waals surface area contributed by atoms with Crippen LogP contribution in [0.3, 0.4) is 0 Å². The van der Waals surface area contributed by atoms with Gasteiger partial charge in [0.1, 0.15) is 42.7 Å². The molecule has 21 atom stereocenters. The SMILES string of the molecule is C[C@@H]1CCC2(OC1)O[C@H]1C[C@H]3[C@@H]4CC=C5C[C@@H](O[C@@H]6O[C@H](CO)[C@@H](O[C@@H]7O[C@@H](C)[C@H](O)[C@@H](O)[C@H]7O)[C@H](O)[C@H]6O)CC[C@]5(C)[C@H]4CC[C@]3(C)C1[C@@H]2C. The number of aliphatic hydroxyl groups is 6. The molecule has 0 aromatic rings. The van der Waals surface area contributed by atoms with Gasteiger partial charge in [-0.15, -0.1) is 0 Å². The molecule has 12 nitrogen and oxygen atoms in total. The fraction of sp³-hybridized carbons (Fsp3) is 0.949. The van der Waals surface area contributed by atoms with E-state index in [9.17, 15) is 30.6 Å². The van der Waals surface area contributed by atoms with Crippen LogP contribution in [-0.4, -0.2) is 123 Å². The van der Waals surface area contributed by atoms with E-state index in [4.69, 9.17) is 28.4 Å². The van der Waals surface area contributed by atoms with Gasteiger partial charge in [0.05, 0.1) is 31.5 Å². The lowest BCUT2D eigenvalue weighted by atomic mass is 9.47. The number of rotatable bonds is 5. The first-order chi connectivity index (χ1) is 24.2. The van der Waals surface area contributed by atoms with Crippen molar-refractivity contribution in [2.45, 2.75) is 172 Å². The normalized spacial score (nSPS) is 58.4. The molecule has 8 rings (SSSR count). The van der Waals surface area contributed by atoms with Crippen molar-refractivity contribution in [3.8, 4) is 0 Å². The predicted molar refractivity (Wildman–Crippen MR) is 182 cm³/mol. The maximum atomic E-state index is 11.1. The van der Waals surface area contributed by atoms with E-state index >= 15 is 0 Å². The highest BCUT2D eigenvalue weighted by Gasteiger charge is 2.68. The quantitative estimate of drug-likeness (QED) is 0.229. The number of hydrogen-bond acceptors (Lipinski definition) is 12. The zero-order valence-corrected chi connectivity index (χ0v) is 30.9. The third-order valence-corrected chi connectivity index (χ3v) is 15.6. The van der Waals surface area contributed by atoms with Crippen LogP contribution >= 0.6 is 0 Å². The summed E-state index contributed by atoms with van der Waals surface area (Å²) in [6, 6.07) is 0. The molecule has 0 amide bonds. The summed E-state index contributed by atoms with van der Waals surface area (Å²) in [7, 11) is 0. The molecule has 51 heavy (non-hydrogen) atoms. The molecule has 4 saturated heterocycles. The molecule has 0 aromatic heterocycles. The molecule has 4 aliphatic carbocycles. The predicted octanol–water partition coefficient (Wildman–Crippen LogP) is 2.39. The van der Waals surface area contributed by atoms with Crippen LogP contribution in [0.4, 0.5) is 0 Å². The Morgan fingerprint density at radius 3 is 2.29 bits per heavy atom. The maximum absolute atomic E-state index is 11.1. The molecule has 2 unspecified atom stereocenters. The van der Waals surface area contributed by atoms with Gasteiger partial charge in [0.25, 0.3) is 0 Å². The number of hydrogen-bond donors (Lipinski definition) is 6. The summed E-state index contributed by atoms with van der Waals surface area (Å²) in [6.45, 7) is 11.5. The summed E-state index contributed by atoms with van der Waals surface area (Å²) in [6.07, 6.45) is -1.53. The van der Waals surface area contributed by atoms with Crippen LogP contribution in [0.1, 0.15) is 92.4 Å². The molecule has 6 N–H and O–H groups in total. The Kier molecular flexibility index (Phi) is 9.83. The second-order valence-corrected chi connectivity index (χ2v) is 18.3. The molecule has 290 valence electrons. The van der Waals surface area contributed by atoms with Crippen LogP contribution in [0, 0.1) is 46.3 Å². The van der Waals surface area contributed by atoms with Crippen LogP contribution in [-0.2, 0) is 28.4 Å². The smallest absolute Gasteiger partial charge is 0.187 e. The zero-order chi connectivity index (χ0) is 36.2. The Morgan fingerprint density at radius 2 is 1.57 bits per heavy atom. The van der Waals surface area contributed by atoms with Crippen molar-refractivity contribution in [2.75, 3.05) is 13.2 Å². The highest BCUT2D eigenvalue weighted by molar-refractivity contribution is 5.26. The van der Waals surface area contributed by atoms with E-state index in [1.807, 2.05) is 0 Å². The van der Waals surface area contributed by atoms with Crippen LogP contribution in [0.5, 0.6) is 0 Å². The molecule has 4 aliphatic heterocycles. The van der Waals surface area contributed by atoms with Crippen molar-refractivity contribution >= 4 is 0 Å². The Bertz CT molecular complexity index is 1300. The molecule has 12 heteroatoms. The minimum Gasteiger partial charge on any atom is -0.394 e. The fourth-order valence-electron chi connectivity index (χ4n) is 12.6. The Labute approximate surface area is 301 Å². The monoisotopic (exact) mass is 722 g/mol. The molecule has 7 fully saturated rings. The van der Waals surface area contributed by atoms with E-state index in [0.29, 0.717) is 35.5 Å². The standard InChI is InChI=1S/C39H62O12/c1-18-8-13-39(46-17-18)19(2)28-26(51-39)15-25-23-7-6-21-14-22(9-11-37(21,4)24(23)10-12-38(25,28)5)48-36-33(45)31(43)34(27(16-40)49-36)50-35-32(44)30(42)29(41)20(3)47-35/h6,18-20,22-36,40-45H,7-17H2,1-5H3/t18-,19+,20+,22+,23-,24+,25+,26+,27-,28?,29+,30-,31-,32-,33-,34-,35+,36-,37+,38+,39?/m1/s1. The average Bonchev–Trinajstić information content (AvgIpc) is 3.56. The topological polar surface area (TPSA) is 177 Å².